The van der Waals surface area contributed by atoms with Crippen LogP contribution in [0.1, 0.15) is 48.0 Å². The van der Waals surface area contributed by atoms with E-state index in [0.29, 0.717) is 5.66 Å². The number of benzene rings is 1. The highest BCUT2D eigenvalue weighted by Crippen LogP contribution is 2.63. The van der Waals surface area contributed by atoms with Gasteiger partial charge in [-0.3, -0.25) is 4.84 Å². The van der Waals surface area contributed by atoms with Gasteiger partial charge in [0.15, 0.2) is 0 Å². The normalized spacial score (nSPS) is 38.6. The molecule has 156 valence electrons. The molecule has 3 fully saturated rings. The summed E-state index contributed by atoms with van der Waals surface area (Å²) in [5.41, 5.74) is -0.129. The van der Waals surface area contributed by atoms with Gasteiger partial charge in [-0.1, -0.05) is 42.1 Å². The minimum atomic E-state index is -1.75. The smallest absolute Gasteiger partial charge is 0.104 e. The standard InChI is InChI=1S/C22H34NO3PS/c1-21(2,3)24-17-14-23-18(19(17)25-22(4,5)6)20-16(26-23)12-13-27(20,28)15-10-8-7-9-11-15/h7-11,16-20H,12-14H2,1-6H3/t16-,17+,18-,19-,20+,27-/m1/s1. The third kappa shape index (κ3) is 3.87. The highest BCUT2D eigenvalue weighted by Gasteiger charge is 2.62. The summed E-state index contributed by atoms with van der Waals surface area (Å²) in [4.78, 5) is 6.45. The van der Waals surface area contributed by atoms with E-state index in [1.807, 2.05) is 0 Å². The largest absolute Gasteiger partial charge is 0.368 e. The van der Waals surface area contributed by atoms with E-state index in [1.165, 1.54) is 5.30 Å². The molecule has 4 nitrogen and oxygen atoms in total. The Labute approximate surface area is 174 Å². The fourth-order valence-corrected chi connectivity index (χ4v) is 10.3. The molecule has 0 saturated carbocycles. The van der Waals surface area contributed by atoms with Crippen molar-refractivity contribution in [3.63, 3.8) is 0 Å². The molecular formula is C22H34NO3PS. The van der Waals surface area contributed by atoms with Crippen LogP contribution in [-0.4, -0.2) is 59.0 Å². The molecule has 4 rings (SSSR count). The predicted octanol–water partition coefficient (Wildman–Crippen LogP) is 3.93. The maximum atomic E-state index is 6.63. The van der Waals surface area contributed by atoms with Gasteiger partial charge in [0, 0.05) is 5.66 Å². The molecule has 3 heterocycles. The zero-order valence-corrected chi connectivity index (χ0v) is 19.6. The Morgan fingerprint density at radius 3 is 2.29 bits per heavy atom. The van der Waals surface area contributed by atoms with Crippen molar-refractivity contribution in [3.8, 4) is 0 Å². The molecule has 3 aliphatic rings. The molecule has 0 N–H and O–H groups in total. The summed E-state index contributed by atoms with van der Waals surface area (Å²) in [6.45, 7) is 13.4. The zero-order valence-electron chi connectivity index (χ0n) is 17.9. The maximum absolute atomic E-state index is 6.63. The van der Waals surface area contributed by atoms with Gasteiger partial charge in [-0.2, -0.15) is 5.06 Å². The summed E-state index contributed by atoms with van der Waals surface area (Å²) >= 11 is 6.45. The first-order valence-electron chi connectivity index (χ1n) is 10.4. The van der Waals surface area contributed by atoms with Crippen LogP contribution in [0.15, 0.2) is 30.3 Å². The molecule has 0 unspecified atom stereocenters. The van der Waals surface area contributed by atoms with E-state index in [9.17, 15) is 0 Å². The Morgan fingerprint density at radius 2 is 1.68 bits per heavy atom. The molecular weight excluding hydrogens is 389 g/mol. The second-order valence-electron chi connectivity index (χ2n) is 10.3. The lowest BCUT2D eigenvalue weighted by molar-refractivity contribution is -0.160. The summed E-state index contributed by atoms with van der Waals surface area (Å²) in [6.07, 6.45) is 2.32. The van der Waals surface area contributed by atoms with Crippen molar-refractivity contribution < 1.29 is 14.3 Å². The summed E-state index contributed by atoms with van der Waals surface area (Å²) in [5.74, 6) is 0. The molecule has 0 amide bonds. The first-order chi connectivity index (χ1) is 13.0. The van der Waals surface area contributed by atoms with Crippen LogP contribution >= 0.6 is 6.04 Å². The van der Waals surface area contributed by atoms with Gasteiger partial charge in [-0.05, 0) is 65.5 Å². The average Bonchev–Trinajstić information content (AvgIpc) is 3.18. The van der Waals surface area contributed by atoms with Crippen LogP contribution in [0.5, 0.6) is 0 Å². The van der Waals surface area contributed by atoms with Crippen molar-refractivity contribution in [2.45, 2.75) is 89.2 Å². The molecule has 3 aliphatic heterocycles. The lowest BCUT2D eigenvalue weighted by Crippen LogP contribution is -2.48. The number of fused-ring (bicyclic) bond motifs is 3. The van der Waals surface area contributed by atoms with Gasteiger partial charge in [0.25, 0.3) is 0 Å². The summed E-state index contributed by atoms with van der Waals surface area (Å²) in [5, 5.41) is 3.50. The third-order valence-corrected chi connectivity index (χ3v) is 11.4. The van der Waals surface area contributed by atoms with E-state index >= 15 is 0 Å². The van der Waals surface area contributed by atoms with Crippen LogP contribution in [0.3, 0.4) is 0 Å². The van der Waals surface area contributed by atoms with Gasteiger partial charge in [0.2, 0.25) is 0 Å². The first kappa shape index (κ1) is 21.0. The lowest BCUT2D eigenvalue weighted by atomic mass is 10.0. The van der Waals surface area contributed by atoms with Crippen LogP contribution < -0.4 is 5.30 Å². The van der Waals surface area contributed by atoms with Gasteiger partial charge in [0.1, 0.15) is 12.2 Å². The van der Waals surface area contributed by atoms with Crippen LogP contribution in [0.25, 0.3) is 0 Å². The quantitative estimate of drug-likeness (QED) is 0.688. The molecule has 1 aromatic carbocycles. The van der Waals surface area contributed by atoms with Crippen LogP contribution in [0.2, 0.25) is 0 Å². The van der Waals surface area contributed by atoms with Crippen molar-refractivity contribution in [2.75, 3.05) is 12.7 Å². The highest BCUT2D eigenvalue weighted by atomic mass is 32.4. The minimum Gasteiger partial charge on any atom is -0.368 e. The average molecular weight is 424 g/mol. The highest BCUT2D eigenvalue weighted by molar-refractivity contribution is 8.18. The topological polar surface area (TPSA) is 30.9 Å². The van der Waals surface area contributed by atoms with E-state index in [1.54, 1.807) is 0 Å². The van der Waals surface area contributed by atoms with Gasteiger partial charge < -0.3 is 9.47 Å². The molecule has 0 bridgehead atoms. The van der Waals surface area contributed by atoms with Crippen LogP contribution in [0, 0.1) is 0 Å². The summed E-state index contributed by atoms with van der Waals surface area (Å²) in [6, 6.07) is 9.19. The van der Waals surface area contributed by atoms with Gasteiger partial charge >= 0.3 is 0 Å². The van der Waals surface area contributed by atoms with Gasteiger partial charge in [0.05, 0.1) is 29.9 Å². The molecule has 6 heteroatoms. The molecule has 0 aromatic heterocycles. The molecule has 0 aliphatic carbocycles. The molecule has 1 aromatic rings. The molecule has 0 radical (unpaired) electrons. The second-order valence-corrected chi connectivity index (χ2v) is 15.4. The summed E-state index contributed by atoms with van der Waals surface area (Å²) < 4.78 is 13.1. The molecule has 3 saturated heterocycles. The van der Waals surface area contributed by atoms with Gasteiger partial charge in [-0.25, -0.2) is 0 Å². The summed E-state index contributed by atoms with van der Waals surface area (Å²) in [7, 11) is 0. The van der Waals surface area contributed by atoms with E-state index in [-0.39, 0.29) is 35.6 Å². The monoisotopic (exact) mass is 423 g/mol. The van der Waals surface area contributed by atoms with Crippen LogP contribution in [-0.2, 0) is 26.1 Å². The molecule has 28 heavy (non-hydrogen) atoms. The second kappa shape index (κ2) is 7.14. The third-order valence-electron chi connectivity index (χ3n) is 5.81. The van der Waals surface area contributed by atoms with Crippen molar-refractivity contribution in [1.29, 1.82) is 0 Å². The van der Waals surface area contributed by atoms with Crippen molar-refractivity contribution >= 4 is 23.1 Å². The molecule has 0 spiro atoms. The Kier molecular flexibility index (Phi) is 5.35. The van der Waals surface area contributed by atoms with Crippen molar-refractivity contribution in [2.24, 2.45) is 0 Å². The lowest BCUT2D eigenvalue weighted by Gasteiger charge is -2.37. The van der Waals surface area contributed by atoms with E-state index < -0.39 is 6.04 Å². The Hall–Kier alpha value is -0.290. The predicted molar refractivity (Wildman–Crippen MR) is 118 cm³/mol. The van der Waals surface area contributed by atoms with Gasteiger partial charge in [-0.15, -0.1) is 0 Å². The number of nitrogens with zero attached hydrogens (tertiary/aromatic N) is 1. The Morgan fingerprint density at radius 1 is 1.04 bits per heavy atom. The number of hydroxylamine groups is 2. The molecule has 6 atom stereocenters. The first-order valence-corrected chi connectivity index (χ1v) is 13.5. The fraction of sp³-hybridized carbons (Fsp3) is 0.727. The SMILES string of the molecule is CC(C)(C)O[C@H]1[C@@H]2[C@@H]3[C@@H](CC[P@@]3(=S)c3ccccc3)ON2C[C@@H]1OC(C)(C)C. The number of hydrogen-bond donors (Lipinski definition) is 0. The van der Waals surface area contributed by atoms with E-state index in [4.69, 9.17) is 26.1 Å². The number of rotatable bonds is 3. The number of hydrogen-bond acceptors (Lipinski definition) is 5. The minimum absolute atomic E-state index is 0.00926. The van der Waals surface area contributed by atoms with Crippen molar-refractivity contribution in [1.82, 2.24) is 5.06 Å². The Balaban J connectivity index is 1.69. The maximum Gasteiger partial charge on any atom is 0.104 e. The zero-order chi connectivity index (χ0) is 20.3. The Bertz CT molecular complexity index is 757. The fourth-order valence-electron chi connectivity index (χ4n) is 5.02. The number of ether oxygens (including phenoxy) is 2. The van der Waals surface area contributed by atoms with E-state index in [2.05, 4.69) is 76.9 Å². The van der Waals surface area contributed by atoms with Crippen LogP contribution in [0.4, 0.5) is 0 Å². The van der Waals surface area contributed by atoms with E-state index in [0.717, 1.165) is 19.1 Å². The van der Waals surface area contributed by atoms with Crippen molar-refractivity contribution in [3.05, 3.63) is 30.3 Å².